The fourth-order valence-corrected chi connectivity index (χ4v) is 2.88. The minimum Gasteiger partial charge on any atom is -0.198 e. The highest BCUT2D eigenvalue weighted by Crippen LogP contribution is 2.26. The van der Waals surface area contributed by atoms with Crippen molar-refractivity contribution in [3.05, 3.63) is 41.6 Å². The molecule has 0 bridgehead atoms. The lowest BCUT2D eigenvalue weighted by atomic mass is 9.90. The molecule has 3 rings (SSSR count). The molecule has 1 aliphatic rings. The van der Waals surface area contributed by atoms with E-state index in [1.807, 2.05) is 0 Å². The van der Waals surface area contributed by atoms with Gasteiger partial charge in [-0.3, -0.25) is 0 Å². The van der Waals surface area contributed by atoms with Gasteiger partial charge in [-0.2, -0.15) is 4.57 Å². The molecule has 2 aromatic rings. The molecule has 0 unspecified atom stereocenters. The Morgan fingerprint density at radius 1 is 1.12 bits per heavy atom. The van der Waals surface area contributed by atoms with E-state index in [9.17, 15) is 0 Å². The molecule has 0 saturated heterocycles. The van der Waals surface area contributed by atoms with Crippen LogP contribution in [0.1, 0.15) is 30.9 Å². The third kappa shape index (κ3) is 1.42. The summed E-state index contributed by atoms with van der Waals surface area (Å²) in [4.78, 5) is 0. The van der Waals surface area contributed by atoms with E-state index >= 15 is 0 Å². The van der Waals surface area contributed by atoms with Crippen LogP contribution >= 0.6 is 0 Å². The summed E-state index contributed by atoms with van der Waals surface area (Å²) in [6.45, 7) is 3.29. The van der Waals surface area contributed by atoms with Gasteiger partial charge in [-0.15, -0.1) is 0 Å². The van der Waals surface area contributed by atoms with Crippen molar-refractivity contribution >= 4 is 10.9 Å². The molecular weight excluding hydrogens is 194 g/mol. The summed E-state index contributed by atoms with van der Waals surface area (Å²) in [6, 6.07) is 8.83. The summed E-state index contributed by atoms with van der Waals surface area (Å²) < 4.78 is 2.39. The first-order valence-electron chi connectivity index (χ1n) is 6.33. The Balaban J connectivity index is 2.36. The molecule has 1 nitrogen and oxygen atoms in total. The molecule has 1 aromatic heterocycles. The van der Waals surface area contributed by atoms with Crippen LogP contribution in [0, 0.1) is 0 Å². The van der Waals surface area contributed by atoms with Gasteiger partial charge < -0.3 is 0 Å². The van der Waals surface area contributed by atoms with Gasteiger partial charge in [-0.25, -0.2) is 0 Å². The number of fused-ring (bicyclic) bond motifs is 3. The Bertz CT molecular complexity index is 528. The molecule has 1 aromatic carbocycles. The number of aryl methyl sites for hydroxylation is 3. The van der Waals surface area contributed by atoms with Crippen LogP contribution in [0.4, 0.5) is 0 Å². The number of para-hydroxylation sites is 1. The smallest absolute Gasteiger partial charge is 0.198 e. The van der Waals surface area contributed by atoms with Gasteiger partial charge in [0.1, 0.15) is 6.54 Å². The molecule has 0 saturated carbocycles. The quantitative estimate of drug-likeness (QED) is 0.640. The second-order valence-corrected chi connectivity index (χ2v) is 4.64. The summed E-state index contributed by atoms with van der Waals surface area (Å²) in [5, 5.41) is 1.47. The maximum Gasteiger partial charge on any atom is 0.212 e. The number of aromatic nitrogens is 1. The molecule has 82 valence electrons. The summed E-state index contributed by atoms with van der Waals surface area (Å²) >= 11 is 0. The van der Waals surface area contributed by atoms with Crippen LogP contribution in [0.2, 0.25) is 0 Å². The summed E-state index contributed by atoms with van der Waals surface area (Å²) in [7, 11) is 0. The van der Waals surface area contributed by atoms with Gasteiger partial charge >= 0.3 is 0 Å². The second kappa shape index (κ2) is 3.89. The highest BCUT2D eigenvalue weighted by Gasteiger charge is 2.18. The van der Waals surface area contributed by atoms with E-state index in [0.717, 1.165) is 6.54 Å². The lowest BCUT2D eigenvalue weighted by molar-refractivity contribution is -0.668. The molecule has 0 amide bonds. The molecule has 1 heterocycles. The Morgan fingerprint density at radius 2 is 1.94 bits per heavy atom. The number of nitrogens with zero attached hydrogens (tertiary/aromatic N) is 1. The molecule has 16 heavy (non-hydrogen) atoms. The van der Waals surface area contributed by atoms with Crippen molar-refractivity contribution in [2.24, 2.45) is 0 Å². The highest BCUT2D eigenvalue weighted by molar-refractivity contribution is 5.80. The number of benzene rings is 1. The SMILES string of the molecule is CC[n+]1cc2c(c3ccccc31)CCCC2. The minimum atomic E-state index is 1.06. The largest absolute Gasteiger partial charge is 0.212 e. The van der Waals surface area contributed by atoms with Crippen molar-refractivity contribution in [3.63, 3.8) is 0 Å². The van der Waals surface area contributed by atoms with Crippen molar-refractivity contribution in [1.82, 2.24) is 0 Å². The predicted molar refractivity (Wildman–Crippen MR) is 66.5 cm³/mol. The normalized spacial score (nSPS) is 15.1. The van der Waals surface area contributed by atoms with Crippen LogP contribution in [-0.4, -0.2) is 0 Å². The number of rotatable bonds is 1. The van der Waals surface area contributed by atoms with Gasteiger partial charge in [-0.05, 0) is 44.2 Å². The van der Waals surface area contributed by atoms with Gasteiger partial charge in [0, 0.05) is 17.0 Å². The minimum absolute atomic E-state index is 1.06. The van der Waals surface area contributed by atoms with Gasteiger partial charge in [-0.1, -0.05) is 12.1 Å². The van der Waals surface area contributed by atoms with E-state index in [-0.39, 0.29) is 0 Å². The number of pyridine rings is 1. The summed E-state index contributed by atoms with van der Waals surface area (Å²) in [5.41, 5.74) is 4.57. The first-order valence-corrected chi connectivity index (χ1v) is 6.33. The Morgan fingerprint density at radius 3 is 2.81 bits per heavy atom. The van der Waals surface area contributed by atoms with E-state index in [1.54, 1.807) is 11.1 Å². The molecule has 0 spiro atoms. The van der Waals surface area contributed by atoms with Crippen LogP contribution in [0.5, 0.6) is 0 Å². The number of hydrogen-bond acceptors (Lipinski definition) is 0. The van der Waals surface area contributed by atoms with Crippen molar-refractivity contribution in [1.29, 1.82) is 0 Å². The van der Waals surface area contributed by atoms with E-state index in [0.29, 0.717) is 0 Å². The topological polar surface area (TPSA) is 3.88 Å². The maximum atomic E-state index is 2.39. The average molecular weight is 212 g/mol. The maximum absolute atomic E-state index is 2.39. The Kier molecular flexibility index (Phi) is 2.39. The molecule has 0 fully saturated rings. The lowest BCUT2D eigenvalue weighted by Gasteiger charge is -2.16. The average Bonchev–Trinajstić information content (AvgIpc) is 2.38. The second-order valence-electron chi connectivity index (χ2n) is 4.64. The van der Waals surface area contributed by atoms with E-state index in [1.165, 1.54) is 36.6 Å². The van der Waals surface area contributed by atoms with E-state index < -0.39 is 0 Å². The molecule has 0 aliphatic heterocycles. The summed E-state index contributed by atoms with van der Waals surface area (Å²) in [5.74, 6) is 0. The van der Waals surface area contributed by atoms with Crippen LogP contribution < -0.4 is 4.57 Å². The van der Waals surface area contributed by atoms with Gasteiger partial charge in [0.05, 0.1) is 0 Å². The molecular formula is C15H18N+. The van der Waals surface area contributed by atoms with Crippen molar-refractivity contribution in [2.75, 3.05) is 0 Å². The van der Waals surface area contributed by atoms with Crippen molar-refractivity contribution in [2.45, 2.75) is 39.2 Å². The van der Waals surface area contributed by atoms with E-state index in [4.69, 9.17) is 0 Å². The molecule has 0 atom stereocenters. The van der Waals surface area contributed by atoms with E-state index in [2.05, 4.69) is 42.0 Å². The highest BCUT2D eigenvalue weighted by atomic mass is 14.9. The predicted octanol–water partition coefficient (Wildman–Crippen LogP) is 3.03. The van der Waals surface area contributed by atoms with Crippen LogP contribution in [0.3, 0.4) is 0 Å². The third-order valence-corrected chi connectivity index (χ3v) is 3.70. The zero-order valence-corrected chi connectivity index (χ0v) is 9.87. The first kappa shape index (κ1) is 9.83. The van der Waals surface area contributed by atoms with Crippen molar-refractivity contribution < 1.29 is 4.57 Å². The Labute approximate surface area is 96.7 Å². The molecule has 1 heteroatoms. The van der Waals surface area contributed by atoms with Crippen LogP contribution in [0.15, 0.2) is 30.5 Å². The zero-order valence-electron chi connectivity index (χ0n) is 9.87. The zero-order chi connectivity index (χ0) is 11.0. The summed E-state index contributed by atoms with van der Waals surface area (Å²) in [6.07, 6.45) is 7.61. The van der Waals surface area contributed by atoms with Crippen LogP contribution in [-0.2, 0) is 19.4 Å². The fourth-order valence-electron chi connectivity index (χ4n) is 2.88. The van der Waals surface area contributed by atoms with Gasteiger partial charge in [0.2, 0.25) is 5.52 Å². The van der Waals surface area contributed by atoms with Gasteiger partial charge in [0.15, 0.2) is 6.20 Å². The third-order valence-electron chi connectivity index (χ3n) is 3.70. The fraction of sp³-hybridized carbons (Fsp3) is 0.400. The standard InChI is InChI=1S/C15H18N/c1-2-16-11-12-7-3-4-8-13(12)14-9-5-6-10-15(14)16/h5-6,9-11H,2-4,7-8H2,1H3/q+1. The van der Waals surface area contributed by atoms with Gasteiger partial charge in [0.25, 0.3) is 0 Å². The Hall–Kier alpha value is -1.37. The molecule has 0 radical (unpaired) electrons. The lowest BCUT2D eigenvalue weighted by Crippen LogP contribution is -2.34. The monoisotopic (exact) mass is 212 g/mol. The molecule has 0 N–H and O–H groups in total. The van der Waals surface area contributed by atoms with Crippen molar-refractivity contribution in [3.8, 4) is 0 Å². The first-order chi connectivity index (χ1) is 7.90. The van der Waals surface area contributed by atoms with Crippen LogP contribution in [0.25, 0.3) is 10.9 Å². The number of hydrogen-bond donors (Lipinski definition) is 0. The molecule has 1 aliphatic carbocycles.